The predicted molar refractivity (Wildman–Crippen MR) is 63.3 cm³/mol. The molecule has 0 spiro atoms. The molecule has 0 atom stereocenters. The van der Waals surface area contributed by atoms with Crippen molar-refractivity contribution in [2.24, 2.45) is 0 Å². The summed E-state index contributed by atoms with van der Waals surface area (Å²) in [5.74, 6) is 0.541. The van der Waals surface area contributed by atoms with E-state index in [1.807, 2.05) is 12.1 Å². The van der Waals surface area contributed by atoms with Crippen molar-refractivity contribution in [2.45, 2.75) is 24.7 Å². The molecule has 0 saturated carbocycles. The monoisotopic (exact) mass is 246 g/mol. The van der Waals surface area contributed by atoms with Crippen molar-refractivity contribution < 1.29 is 8.42 Å². The molecule has 0 bridgehead atoms. The summed E-state index contributed by atoms with van der Waals surface area (Å²) in [5, 5.41) is 0. The third-order valence-corrected chi connectivity index (χ3v) is 4.40. The molecule has 84 valence electrons. The first-order valence-corrected chi connectivity index (χ1v) is 7.04. The van der Waals surface area contributed by atoms with E-state index in [1.165, 1.54) is 0 Å². The first-order chi connectivity index (χ1) is 6.97. The third-order valence-electron chi connectivity index (χ3n) is 2.25. The summed E-state index contributed by atoms with van der Waals surface area (Å²) in [4.78, 5) is 0.354. The number of alkyl halides is 1. The van der Waals surface area contributed by atoms with Crippen molar-refractivity contribution in [2.75, 3.05) is 11.6 Å². The van der Waals surface area contributed by atoms with Crippen LogP contribution < -0.4 is 0 Å². The van der Waals surface area contributed by atoms with Crippen LogP contribution in [-0.2, 0) is 9.84 Å². The Morgan fingerprint density at radius 3 is 2.13 bits per heavy atom. The molecule has 1 aromatic rings. The Balaban J connectivity index is 2.99. The quantitative estimate of drug-likeness (QED) is 0.766. The molecule has 1 aromatic carbocycles. The van der Waals surface area contributed by atoms with E-state index in [0.29, 0.717) is 10.8 Å². The standard InChI is InChI=1S/C11H15ClO2S/c1-9(2)10-3-5-11(6-4-10)15(13,14)8-7-12/h3-6,9H,7-8H2,1-2H3. The maximum atomic E-state index is 11.6. The van der Waals surface area contributed by atoms with Gasteiger partial charge in [-0.1, -0.05) is 26.0 Å². The van der Waals surface area contributed by atoms with Crippen molar-refractivity contribution >= 4 is 21.4 Å². The van der Waals surface area contributed by atoms with Gasteiger partial charge in [0.05, 0.1) is 10.6 Å². The average Bonchev–Trinajstić information content (AvgIpc) is 2.18. The van der Waals surface area contributed by atoms with E-state index >= 15 is 0 Å². The smallest absolute Gasteiger partial charge is 0.179 e. The topological polar surface area (TPSA) is 34.1 Å². The van der Waals surface area contributed by atoms with Gasteiger partial charge in [-0.2, -0.15) is 0 Å². The number of halogens is 1. The molecule has 1 rings (SSSR count). The minimum atomic E-state index is -3.18. The second kappa shape index (κ2) is 4.99. The third kappa shape index (κ3) is 3.21. The summed E-state index contributed by atoms with van der Waals surface area (Å²) in [7, 11) is -3.18. The zero-order valence-electron chi connectivity index (χ0n) is 8.90. The lowest BCUT2D eigenvalue weighted by Gasteiger charge is -2.06. The first-order valence-electron chi connectivity index (χ1n) is 4.86. The van der Waals surface area contributed by atoms with Gasteiger partial charge in [-0.3, -0.25) is 0 Å². The molecule has 0 saturated heterocycles. The second-order valence-corrected chi connectivity index (χ2v) is 6.22. The van der Waals surface area contributed by atoms with E-state index in [1.54, 1.807) is 12.1 Å². The zero-order valence-corrected chi connectivity index (χ0v) is 10.5. The van der Waals surface area contributed by atoms with Gasteiger partial charge in [-0.05, 0) is 23.6 Å². The van der Waals surface area contributed by atoms with Crippen LogP contribution in [0.2, 0.25) is 0 Å². The molecular formula is C11H15ClO2S. The van der Waals surface area contributed by atoms with Crippen molar-refractivity contribution in [3.63, 3.8) is 0 Å². The van der Waals surface area contributed by atoms with Crippen LogP contribution >= 0.6 is 11.6 Å². The highest BCUT2D eigenvalue weighted by atomic mass is 35.5. The summed E-state index contributed by atoms with van der Waals surface area (Å²) in [6, 6.07) is 7.01. The van der Waals surface area contributed by atoms with Crippen LogP contribution in [0.25, 0.3) is 0 Å². The lowest BCUT2D eigenvalue weighted by atomic mass is 10.0. The summed E-state index contributed by atoms with van der Waals surface area (Å²) < 4.78 is 23.3. The normalized spacial score (nSPS) is 12.0. The van der Waals surface area contributed by atoms with Crippen molar-refractivity contribution in [3.05, 3.63) is 29.8 Å². The second-order valence-electron chi connectivity index (χ2n) is 3.73. The van der Waals surface area contributed by atoms with Gasteiger partial charge in [0.2, 0.25) is 0 Å². The highest BCUT2D eigenvalue weighted by Crippen LogP contribution is 2.18. The van der Waals surface area contributed by atoms with Crippen molar-refractivity contribution in [1.29, 1.82) is 0 Å². The Bertz CT molecular complexity index is 407. The van der Waals surface area contributed by atoms with E-state index < -0.39 is 9.84 Å². The molecule has 15 heavy (non-hydrogen) atoms. The fraction of sp³-hybridized carbons (Fsp3) is 0.455. The number of hydrogen-bond acceptors (Lipinski definition) is 2. The molecule has 4 heteroatoms. The van der Waals surface area contributed by atoms with Crippen LogP contribution in [0.15, 0.2) is 29.2 Å². The number of benzene rings is 1. The summed E-state index contributed by atoms with van der Waals surface area (Å²) >= 11 is 5.44. The maximum Gasteiger partial charge on any atom is 0.179 e. The highest BCUT2D eigenvalue weighted by Gasteiger charge is 2.13. The summed E-state index contributed by atoms with van der Waals surface area (Å²) in [6.45, 7) is 4.14. The molecule has 0 aliphatic rings. The van der Waals surface area contributed by atoms with Gasteiger partial charge < -0.3 is 0 Å². The van der Waals surface area contributed by atoms with Gasteiger partial charge in [0.1, 0.15) is 0 Å². The van der Waals surface area contributed by atoms with Crippen LogP contribution in [0.4, 0.5) is 0 Å². The van der Waals surface area contributed by atoms with Gasteiger partial charge >= 0.3 is 0 Å². The van der Waals surface area contributed by atoms with Crippen molar-refractivity contribution in [3.8, 4) is 0 Å². The number of hydrogen-bond donors (Lipinski definition) is 0. The van der Waals surface area contributed by atoms with Gasteiger partial charge in [0, 0.05) is 5.88 Å². The molecule has 0 aliphatic heterocycles. The zero-order chi connectivity index (χ0) is 11.5. The minimum Gasteiger partial charge on any atom is -0.224 e. The molecule has 0 aliphatic carbocycles. The fourth-order valence-corrected chi connectivity index (χ4v) is 2.88. The van der Waals surface area contributed by atoms with Crippen LogP contribution in [0.5, 0.6) is 0 Å². The Morgan fingerprint density at radius 1 is 1.20 bits per heavy atom. The van der Waals surface area contributed by atoms with E-state index in [2.05, 4.69) is 13.8 Å². The van der Waals surface area contributed by atoms with E-state index in [4.69, 9.17) is 11.6 Å². The molecule has 0 fully saturated rings. The Morgan fingerprint density at radius 2 is 1.73 bits per heavy atom. The van der Waals surface area contributed by atoms with Crippen LogP contribution in [0, 0.1) is 0 Å². The molecule has 0 heterocycles. The van der Waals surface area contributed by atoms with Crippen molar-refractivity contribution in [1.82, 2.24) is 0 Å². The van der Waals surface area contributed by atoms with Gasteiger partial charge in [0.25, 0.3) is 0 Å². The minimum absolute atomic E-state index is 0.00438. The van der Waals surface area contributed by atoms with Crippen LogP contribution in [0.1, 0.15) is 25.3 Å². The lowest BCUT2D eigenvalue weighted by molar-refractivity contribution is 0.597. The van der Waals surface area contributed by atoms with E-state index in [-0.39, 0.29) is 11.6 Å². The largest absolute Gasteiger partial charge is 0.224 e. The van der Waals surface area contributed by atoms with Crippen LogP contribution in [0.3, 0.4) is 0 Å². The summed E-state index contributed by atoms with van der Waals surface area (Å²) in [6.07, 6.45) is 0. The molecule has 2 nitrogen and oxygen atoms in total. The average molecular weight is 247 g/mol. The number of sulfone groups is 1. The molecular weight excluding hydrogens is 232 g/mol. The Labute approximate surface area is 96.2 Å². The van der Waals surface area contributed by atoms with Gasteiger partial charge in [0.15, 0.2) is 9.84 Å². The molecule has 0 aromatic heterocycles. The van der Waals surface area contributed by atoms with Crippen LogP contribution in [-0.4, -0.2) is 20.1 Å². The first kappa shape index (κ1) is 12.5. The lowest BCUT2D eigenvalue weighted by Crippen LogP contribution is -2.07. The van der Waals surface area contributed by atoms with Gasteiger partial charge in [-0.15, -0.1) is 11.6 Å². The number of rotatable bonds is 4. The molecule has 0 radical (unpaired) electrons. The van der Waals surface area contributed by atoms with E-state index in [9.17, 15) is 8.42 Å². The molecule has 0 amide bonds. The Kier molecular flexibility index (Phi) is 4.17. The molecule has 0 N–H and O–H groups in total. The Hall–Kier alpha value is -0.540. The predicted octanol–water partition coefficient (Wildman–Crippen LogP) is 2.82. The SMILES string of the molecule is CC(C)c1ccc(S(=O)(=O)CCCl)cc1. The van der Waals surface area contributed by atoms with Gasteiger partial charge in [-0.25, -0.2) is 8.42 Å². The molecule has 0 unspecified atom stereocenters. The summed E-state index contributed by atoms with van der Waals surface area (Å²) in [5.41, 5.74) is 1.14. The fourth-order valence-electron chi connectivity index (χ4n) is 1.28. The highest BCUT2D eigenvalue weighted by molar-refractivity contribution is 7.91. The maximum absolute atomic E-state index is 11.6. The van der Waals surface area contributed by atoms with E-state index in [0.717, 1.165) is 5.56 Å².